The smallest absolute Gasteiger partial charge is 0.254 e. The number of benzene rings is 1. The minimum Gasteiger partial charge on any atom is -0.368 e. The average molecular weight is 236 g/mol. The first-order chi connectivity index (χ1) is 7.45. The third-order valence-electron chi connectivity index (χ3n) is 2.20. The van der Waals surface area contributed by atoms with Crippen molar-refractivity contribution in [1.82, 2.24) is 9.80 Å². The van der Waals surface area contributed by atoms with Gasteiger partial charge in [-0.25, -0.2) is 0 Å². The molecule has 1 rings (SSSR count). The van der Waals surface area contributed by atoms with Crippen LogP contribution >= 0.6 is 12.2 Å². The summed E-state index contributed by atoms with van der Waals surface area (Å²) in [5.74, 6) is -0.0280. The fourth-order valence-corrected chi connectivity index (χ4v) is 1.52. The van der Waals surface area contributed by atoms with Gasteiger partial charge in [0.15, 0.2) is 0 Å². The van der Waals surface area contributed by atoms with Crippen molar-refractivity contribution >= 4 is 23.1 Å². The highest BCUT2D eigenvalue weighted by Gasteiger charge is 2.16. The molecule has 0 fully saturated rings. The predicted molar refractivity (Wildman–Crippen MR) is 69.8 cm³/mol. The van der Waals surface area contributed by atoms with E-state index < -0.39 is 0 Å². The zero-order chi connectivity index (χ0) is 12.3. The van der Waals surface area contributed by atoms with Gasteiger partial charge < -0.3 is 9.80 Å². The molecule has 0 atom stereocenters. The Morgan fingerprint density at radius 2 is 1.50 bits per heavy atom. The second-order valence-electron chi connectivity index (χ2n) is 3.94. The van der Waals surface area contributed by atoms with E-state index >= 15 is 0 Å². The summed E-state index contributed by atoms with van der Waals surface area (Å²) >= 11 is 5.29. The van der Waals surface area contributed by atoms with Gasteiger partial charge in [-0.15, -0.1) is 0 Å². The summed E-state index contributed by atoms with van der Waals surface area (Å²) < 4.78 is 0. The molecule has 1 aromatic carbocycles. The molecule has 0 saturated carbocycles. The molecule has 1 amide bonds. The SMILES string of the molecule is CN(C)C(=O)c1ccccc1C(=S)N(C)C. The van der Waals surface area contributed by atoms with Crippen LogP contribution in [0.3, 0.4) is 0 Å². The standard InChI is InChI=1S/C12H16N2OS/c1-13(2)11(15)9-7-5-6-8-10(9)12(16)14(3)4/h5-8H,1-4H3. The molecule has 0 aliphatic rings. The van der Waals surface area contributed by atoms with Gasteiger partial charge in [0, 0.05) is 39.3 Å². The van der Waals surface area contributed by atoms with Gasteiger partial charge in [-0.05, 0) is 6.07 Å². The molecule has 0 aromatic heterocycles. The van der Waals surface area contributed by atoms with Crippen LogP contribution in [0.2, 0.25) is 0 Å². The maximum atomic E-state index is 11.9. The van der Waals surface area contributed by atoms with Crippen molar-refractivity contribution < 1.29 is 4.79 Å². The Labute approximate surface area is 102 Å². The Hall–Kier alpha value is -1.42. The average Bonchev–Trinajstić information content (AvgIpc) is 2.26. The molecule has 3 nitrogen and oxygen atoms in total. The first kappa shape index (κ1) is 12.6. The van der Waals surface area contributed by atoms with Gasteiger partial charge in [0.1, 0.15) is 4.99 Å². The summed E-state index contributed by atoms with van der Waals surface area (Å²) in [5.41, 5.74) is 1.45. The van der Waals surface area contributed by atoms with Crippen LogP contribution in [0.25, 0.3) is 0 Å². The zero-order valence-corrected chi connectivity index (χ0v) is 10.8. The van der Waals surface area contributed by atoms with Crippen LogP contribution in [0.1, 0.15) is 15.9 Å². The van der Waals surface area contributed by atoms with Crippen LogP contribution in [-0.4, -0.2) is 48.9 Å². The van der Waals surface area contributed by atoms with Gasteiger partial charge >= 0.3 is 0 Å². The summed E-state index contributed by atoms with van der Waals surface area (Å²) in [6.45, 7) is 0. The molecule has 16 heavy (non-hydrogen) atoms. The lowest BCUT2D eigenvalue weighted by Crippen LogP contribution is -2.27. The van der Waals surface area contributed by atoms with E-state index in [9.17, 15) is 4.79 Å². The van der Waals surface area contributed by atoms with E-state index in [2.05, 4.69) is 0 Å². The number of amides is 1. The van der Waals surface area contributed by atoms with E-state index in [0.717, 1.165) is 5.56 Å². The number of carbonyl (C=O) groups excluding carboxylic acids is 1. The number of hydrogen-bond acceptors (Lipinski definition) is 2. The zero-order valence-electron chi connectivity index (χ0n) is 10.0. The van der Waals surface area contributed by atoms with Gasteiger partial charge in [0.05, 0.1) is 0 Å². The minimum absolute atomic E-state index is 0.0280. The molecule has 0 heterocycles. The van der Waals surface area contributed by atoms with Gasteiger partial charge in [0.25, 0.3) is 5.91 Å². The second-order valence-corrected chi connectivity index (χ2v) is 4.33. The predicted octanol–water partition coefficient (Wildman–Crippen LogP) is 1.63. The van der Waals surface area contributed by atoms with Gasteiger partial charge in [-0.1, -0.05) is 30.4 Å². The minimum atomic E-state index is -0.0280. The van der Waals surface area contributed by atoms with E-state index in [1.54, 1.807) is 25.1 Å². The van der Waals surface area contributed by atoms with Crippen LogP contribution in [0.4, 0.5) is 0 Å². The molecular formula is C12H16N2OS. The Balaban J connectivity index is 3.20. The normalized spacial score (nSPS) is 9.75. The first-order valence-corrected chi connectivity index (χ1v) is 5.38. The van der Waals surface area contributed by atoms with Crippen molar-refractivity contribution in [1.29, 1.82) is 0 Å². The lowest BCUT2D eigenvalue weighted by molar-refractivity contribution is 0.0827. The molecule has 1 aromatic rings. The fraction of sp³-hybridized carbons (Fsp3) is 0.333. The van der Waals surface area contributed by atoms with Crippen LogP contribution in [0.5, 0.6) is 0 Å². The molecule has 0 unspecified atom stereocenters. The Bertz CT molecular complexity index is 374. The third-order valence-corrected chi connectivity index (χ3v) is 2.79. The van der Waals surface area contributed by atoms with E-state index in [4.69, 9.17) is 12.2 Å². The van der Waals surface area contributed by atoms with Gasteiger partial charge in [-0.3, -0.25) is 4.79 Å². The van der Waals surface area contributed by atoms with E-state index in [0.29, 0.717) is 10.6 Å². The van der Waals surface area contributed by atoms with Crippen LogP contribution < -0.4 is 0 Å². The van der Waals surface area contributed by atoms with Gasteiger partial charge in [0.2, 0.25) is 0 Å². The van der Waals surface area contributed by atoms with Crippen molar-refractivity contribution in [2.24, 2.45) is 0 Å². The van der Waals surface area contributed by atoms with Crippen molar-refractivity contribution in [3.05, 3.63) is 35.4 Å². The van der Waals surface area contributed by atoms with E-state index in [1.165, 1.54) is 0 Å². The van der Waals surface area contributed by atoms with Crippen LogP contribution in [0.15, 0.2) is 24.3 Å². The highest BCUT2D eigenvalue weighted by atomic mass is 32.1. The molecular weight excluding hydrogens is 220 g/mol. The van der Waals surface area contributed by atoms with E-state index in [1.807, 2.05) is 37.2 Å². The number of thiocarbonyl (C=S) groups is 1. The van der Waals surface area contributed by atoms with Crippen molar-refractivity contribution in [2.75, 3.05) is 28.2 Å². The number of carbonyl (C=O) groups is 1. The molecule has 0 aliphatic heterocycles. The Morgan fingerprint density at radius 3 is 1.94 bits per heavy atom. The van der Waals surface area contributed by atoms with Crippen LogP contribution in [-0.2, 0) is 0 Å². The molecule has 0 radical (unpaired) electrons. The quantitative estimate of drug-likeness (QED) is 0.729. The summed E-state index contributed by atoms with van der Waals surface area (Å²) in [6.07, 6.45) is 0. The topological polar surface area (TPSA) is 23.6 Å². The fourth-order valence-electron chi connectivity index (χ4n) is 1.34. The summed E-state index contributed by atoms with van der Waals surface area (Å²) in [4.78, 5) is 16.0. The lowest BCUT2D eigenvalue weighted by atomic mass is 10.1. The number of rotatable bonds is 2. The highest BCUT2D eigenvalue weighted by molar-refractivity contribution is 7.80. The van der Waals surface area contributed by atoms with Crippen molar-refractivity contribution in [2.45, 2.75) is 0 Å². The van der Waals surface area contributed by atoms with Crippen molar-refractivity contribution in [3.8, 4) is 0 Å². The van der Waals surface area contributed by atoms with E-state index in [-0.39, 0.29) is 5.91 Å². The lowest BCUT2D eigenvalue weighted by Gasteiger charge is -2.18. The number of nitrogens with zero attached hydrogens (tertiary/aromatic N) is 2. The molecule has 0 saturated heterocycles. The number of hydrogen-bond donors (Lipinski definition) is 0. The largest absolute Gasteiger partial charge is 0.368 e. The maximum Gasteiger partial charge on any atom is 0.254 e. The second kappa shape index (κ2) is 5.07. The van der Waals surface area contributed by atoms with Gasteiger partial charge in [-0.2, -0.15) is 0 Å². The molecule has 0 aliphatic carbocycles. The summed E-state index contributed by atoms with van der Waals surface area (Å²) in [6, 6.07) is 7.41. The highest BCUT2D eigenvalue weighted by Crippen LogP contribution is 2.13. The van der Waals surface area contributed by atoms with Crippen molar-refractivity contribution in [3.63, 3.8) is 0 Å². The Morgan fingerprint density at radius 1 is 1.00 bits per heavy atom. The molecule has 4 heteroatoms. The van der Waals surface area contributed by atoms with Crippen LogP contribution in [0, 0.1) is 0 Å². The molecule has 0 bridgehead atoms. The maximum absolute atomic E-state index is 11.9. The third kappa shape index (κ3) is 2.58. The summed E-state index contributed by atoms with van der Waals surface area (Å²) in [5, 5.41) is 0. The molecule has 0 N–H and O–H groups in total. The monoisotopic (exact) mass is 236 g/mol. The first-order valence-electron chi connectivity index (χ1n) is 4.97. The Kier molecular flexibility index (Phi) is 4.01. The molecule has 86 valence electrons. The summed E-state index contributed by atoms with van der Waals surface area (Å²) in [7, 11) is 7.22. The molecule has 0 spiro atoms.